The van der Waals surface area contributed by atoms with Gasteiger partial charge in [-0.25, -0.2) is 8.42 Å². The first-order valence-electron chi connectivity index (χ1n) is 7.35. The minimum absolute atomic E-state index is 0.0346. The lowest BCUT2D eigenvalue weighted by Gasteiger charge is -2.30. The Balaban J connectivity index is 2.67. The summed E-state index contributed by atoms with van der Waals surface area (Å²) in [5, 5.41) is 3.38. The van der Waals surface area contributed by atoms with Crippen LogP contribution in [0.25, 0.3) is 0 Å². The van der Waals surface area contributed by atoms with E-state index in [9.17, 15) is 8.42 Å². The minimum atomic E-state index is -3.15. The number of rotatable bonds is 6. The fourth-order valence-electron chi connectivity index (χ4n) is 2.33. The Morgan fingerprint density at radius 2 is 1.95 bits per heavy atom. The summed E-state index contributed by atoms with van der Waals surface area (Å²) in [6.07, 6.45) is 2.94. The van der Waals surface area contributed by atoms with Crippen LogP contribution in [0.2, 0.25) is 0 Å². The minimum Gasteiger partial charge on any atom is -0.313 e. The fourth-order valence-corrected chi connectivity index (χ4v) is 4.48. The quantitative estimate of drug-likeness (QED) is 0.816. The van der Waals surface area contributed by atoms with E-state index in [0.717, 1.165) is 19.4 Å². The smallest absolute Gasteiger partial charge is 0.214 e. The van der Waals surface area contributed by atoms with Gasteiger partial charge in [-0.05, 0) is 45.1 Å². The molecule has 114 valence electrons. The van der Waals surface area contributed by atoms with Crippen LogP contribution in [0.5, 0.6) is 0 Å². The van der Waals surface area contributed by atoms with Crippen LogP contribution in [0.15, 0.2) is 0 Å². The van der Waals surface area contributed by atoms with Crippen LogP contribution in [0.4, 0.5) is 0 Å². The Labute approximate surface area is 119 Å². The predicted molar refractivity (Wildman–Crippen MR) is 80.7 cm³/mol. The normalized spacial score (nSPS) is 21.5. The fraction of sp³-hybridized carbons (Fsp3) is 1.00. The van der Waals surface area contributed by atoms with E-state index in [-0.39, 0.29) is 17.2 Å². The van der Waals surface area contributed by atoms with Gasteiger partial charge in [-0.1, -0.05) is 20.8 Å². The largest absolute Gasteiger partial charge is 0.313 e. The molecule has 19 heavy (non-hydrogen) atoms. The van der Waals surface area contributed by atoms with Gasteiger partial charge >= 0.3 is 0 Å². The van der Waals surface area contributed by atoms with E-state index in [4.69, 9.17) is 0 Å². The highest BCUT2D eigenvalue weighted by atomic mass is 32.2. The molecule has 1 unspecified atom stereocenters. The Kier molecular flexibility index (Phi) is 5.83. The van der Waals surface area contributed by atoms with Crippen molar-refractivity contribution in [2.45, 2.75) is 66.0 Å². The van der Waals surface area contributed by atoms with Gasteiger partial charge in [-0.3, -0.25) is 0 Å². The van der Waals surface area contributed by atoms with Gasteiger partial charge in [0, 0.05) is 18.6 Å². The maximum Gasteiger partial charge on any atom is 0.214 e. The highest BCUT2D eigenvalue weighted by Crippen LogP contribution is 2.22. The zero-order valence-corrected chi connectivity index (χ0v) is 13.9. The van der Waals surface area contributed by atoms with E-state index in [0.29, 0.717) is 19.0 Å². The lowest BCUT2D eigenvalue weighted by Crippen LogP contribution is -2.45. The molecule has 0 bridgehead atoms. The van der Waals surface area contributed by atoms with Gasteiger partial charge < -0.3 is 5.32 Å². The van der Waals surface area contributed by atoms with Gasteiger partial charge in [0.05, 0.1) is 5.75 Å². The molecule has 0 amide bonds. The van der Waals surface area contributed by atoms with Crippen molar-refractivity contribution >= 4 is 10.0 Å². The molecule has 0 spiro atoms. The highest BCUT2D eigenvalue weighted by Gasteiger charge is 2.29. The molecule has 4 nitrogen and oxygen atoms in total. The number of sulfonamides is 1. The summed E-state index contributed by atoms with van der Waals surface area (Å²) in [5.41, 5.74) is 0.0569. The standard InChI is InChI=1S/C14H30N2O2S/c1-12(2)16(11-13-7-6-9-15-13)19(17,18)10-8-14(3,4)5/h12-13,15H,6-11H2,1-5H3. The summed E-state index contributed by atoms with van der Waals surface area (Å²) in [6.45, 7) is 11.8. The molecule has 1 aliphatic heterocycles. The van der Waals surface area contributed by atoms with Gasteiger partial charge in [0.1, 0.15) is 0 Å². The molecular formula is C14H30N2O2S. The topological polar surface area (TPSA) is 49.4 Å². The van der Waals surface area contributed by atoms with Crippen molar-refractivity contribution in [1.82, 2.24) is 9.62 Å². The molecule has 1 aliphatic rings. The Morgan fingerprint density at radius 3 is 2.37 bits per heavy atom. The van der Waals surface area contributed by atoms with Crippen LogP contribution in [-0.4, -0.2) is 43.6 Å². The summed E-state index contributed by atoms with van der Waals surface area (Å²) in [6, 6.07) is 0.360. The first kappa shape index (κ1) is 16.9. The van der Waals surface area contributed by atoms with E-state index in [1.807, 2.05) is 13.8 Å². The Bertz CT molecular complexity index is 365. The molecule has 1 fully saturated rings. The monoisotopic (exact) mass is 290 g/mol. The second-order valence-corrected chi connectivity index (χ2v) is 9.12. The Hall–Kier alpha value is -0.130. The summed E-state index contributed by atoms with van der Waals surface area (Å²) in [7, 11) is -3.15. The maximum atomic E-state index is 12.5. The van der Waals surface area contributed by atoms with E-state index >= 15 is 0 Å². The molecule has 1 atom stereocenters. The molecule has 0 saturated carbocycles. The number of hydrogen-bond donors (Lipinski definition) is 1. The van der Waals surface area contributed by atoms with Gasteiger partial charge in [0.2, 0.25) is 10.0 Å². The van der Waals surface area contributed by atoms with Crippen LogP contribution in [-0.2, 0) is 10.0 Å². The molecule has 1 heterocycles. The third-order valence-electron chi connectivity index (χ3n) is 3.61. The van der Waals surface area contributed by atoms with Crippen LogP contribution >= 0.6 is 0 Å². The molecule has 0 aliphatic carbocycles. The molecule has 1 rings (SSSR count). The molecule has 5 heteroatoms. The molecule has 0 aromatic carbocycles. The second kappa shape index (κ2) is 6.55. The van der Waals surface area contributed by atoms with Crippen molar-refractivity contribution < 1.29 is 8.42 Å². The number of nitrogens with one attached hydrogen (secondary N) is 1. The van der Waals surface area contributed by atoms with Crippen molar-refractivity contribution in [1.29, 1.82) is 0 Å². The van der Waals surface area contributed by atoms with Gasteiger partial charge in [-0.15, -0.1) is 0 Å². The van der Waals surface area contributed by atoms with Crippen LogP contribution in [0.3, 0.4) is 0 Å². The van der Waals surface area contributed by atoms with E-state index in [2.05, 4.69) is 26.1 Å². The van der Waals surface area contributed by atoms with Gasteiger partial charge in [-0.2, -0.15) is 4.31 Å². The van der Waals surface area contributed by atoms with Gasteiger partial charge in [0.25, 0.3) is 0 Å². The first-order chi connectivity index (χ1) is 8.62. The summed E-state index contributed by atoms with van der Waals surface area (Å²) < 4.78 is 26.7. The van der Waals surface area contributed by atoms with Gasteiger partial charge in [0.15, 0.2) is 0 Å². The van der Waals surface area contributed by atoms with E-state index in [1.165, 1.54) is 0 Å². The summed E-state index contributed by atoms with van der Waals surface area (Å²) in [5.74, 6) is 0.251. The molecule has 0 aromatic rings. The Morgan fingerprint density at radius 1 is 1.32 bits per heavy atom. The van der Waals surface area contributed by atoms with Crippen molar-refractivity contribution in [3.63, 3.8) is 0 Å². The zero-order chi connectivity index (χ0) is 14.7. The lowest BCUT2D eigenvalue weighted by atomic mass is 9.94. The molecular weight excluding hydrogens is 260 g/mol. The SMILES string of the molecule is CC(C)N(CC1CCCN1)S(=O)(=O)CCC(C)(C)C. The molecule has 1 saturated heterocycles. The summed E-state index contributed by atoms with van der Waals surface area (Å²) >= 11 is 0. The van der Waals surface area contributed by atoms with Crippen molar-refractivity contribution in [2.75, 3.05) is 18.8 Å². The maximum absolute atomic E-state index is 12.5. The van der Waals surface area contributed by atoms with Crippen LogP contribution in [0.1, 0.15) is 53.9 Å². The second-order valence-electron chi connectivity index (χ2n) is 7.08. The number of hydrogen-bond acceptors (Lipinski definition) is 3. The van der Waals surface area contributed by atoms with Crippen LogP contribution < -0.4 is 5.32 Å². The number of nitrogens with zero attached hydrogens (tertiary/aromatic N) is 1. The third-order valence-corrected chi connectivity index (χ3v) is 5.61. The van der Waals surface area contributed by atoms with E-state index < -0.39 is 10.0 Å². The van der Waals surface area contributed by atoms with Crippen molar-refractivity contribution in [2.24, 2.45) is 5.41 Å². The average molecular weight is 290 g/mol. The zero-order valence-electron chi connectivity index (χ0n) is 13.1. The molecule has 0 radical (unpaired) electrons. The van der Waals surface area contributed by atoms with Crippen molar-refractivity contribution in [3.8, 4) is 0 Å². The average Bonchev–Trinajstić information content (AvgIpc) is 2.74. The summed E-state index contributed by atoms with van der Waals surface area (Å²) in [4.78, 5) is 0. The van der Waals surface area contributed by atoms with Crippen molar-refractivity contribution in [3.05, 3.63) is 0 Å². The highest BCUT2D eigenvalue weighted by molar-refractivity contribution is 7.89. The molecule has 0 aromatic heterocycles. The van der Waals surface area contributed by atoms with E-state index in [1.54, 1.807) is 4.31 Å². The predicted octanol–water partition coefficient (Wildman–Crippen LogP) is 2.21. The first-order valence-corrected chi connectivity index (χ1v) is 8.96. The van der Waals surface area contributed by atoms with Crippen LogP contribution in [0, 0.1) is 5.41 Å². The lowest BCUT2D eigenvalue weighted by molar-refractivity contribution is 0.317. The molecule has 1 N–H and O–H groups in total. The third kappa shape index (κ3) is 5.79.